The fourth-order valence-corrected chi connectivity index (χ4v) is 2.87. The predicted molar refractivity (Wildman–Crippen MR) is 78.3 cm³/mol. The van der Waals surface area contributed by atoms with Gasteiger partial charge in [-0.05, 0) is 30.5 Å². The average Bonchev–Trinajstić information content (AvgIpc) is 3.08. The van der Waals surface area contributed by atoms with Crippen LogP contribution in [0.2, 0.25) is 0 Å². The number of hydrogen-bond acceptors (Lipinski definition) is 4. The van der Waals surface area contributed by atoms with Gasteiger partial charge >= 0.3 is 0 Å². The summed E-state index contributed by atoms with van der Waals surface area (Å²) >= 11 is 1.78. The molecule has 5 heteroatoms. The molecule has 98 valence electrons. The normalized spacial score (nSPS) is 12.9. The number of thiophene rings is 1. The number of rotatable bonds is 5. The lowest BCUT2D eigenvalue weighted by atomic mass is 10.3. The number of nitrogens with one attached hydrogen (secondary N) is 1. The van der Waals surface area contributed by atoms with Crippen molar-refractivity contribution in [1.29, 1.82) is 0 Å². The van der Waals surface area contributed by atoms with Crippen LogP contribution in [0.15, 0.2) is 41.8 Å². The number of hydrogen-bond donors (Lipinski definition) is 1. The minimum Gasteiger partial charge on any atom is -0.308 e. The molecule has 0 fully saturated rings. The van der Waals surface area contributed by atoms with E-state index < -0.39 is 0 Å². The molecular formula is C14H16N4S. The van der Waals surface area contributed by atoms with Crippen LogP contribution >= 0.6 is 11.3 Å². The van der Waals surface area contributed by atoms with Crippen LogP contribution in [-0.4, -0.2) is 21.5 Å². The van der Waals surface area contributed by atoms with Crippen LogP contribution in [0.25, 0.3) is 11.0 Å². The van der Waals surface area contributed by atoms with Crippen LogP contribution in [0.4, 0.5) is 0 Å². The van der Waals surface area contributed by atoms with Crippen LogP contribution in [0, 0.1) is 0 Å². The zero-order valence-corrected chi connectivity index (χ0v) is 11.6. The third-order valence-corrected chi connectivity index (χ3v) is 4.22. The highest BCUT2D eigenvalue weighted by Gasteiger charge is 2.06. The van der Waals surface area contributed by atoms with Gasteiger partial charge in [-0.2, -0.15) is 0 Å². The first-order valence-corrected chi connectivity index (χ1v) is 7.27. The van der Waals surface area contributed by atoms with Gasteiger partial charge in [-0.1, -0.05) is 23.4 Å². The van der Waals surface area contributed by atoms with E-state index in [4.69, 9.17) is 0 Å². The van der Waals surface area contributed by atoms with E-state index in [1.807, 2.05) is 22.9 Å². The second kappa shape index (κ2) is 5.50. The summed E-state index contributed by atoms with van der Waals surface area (Å²) in [5.41, 5.74) is 2.04. The summed E-state index contributed by atoms with van der Waals surface area (Å²) in [7, 11) is 0. The Hall–Kier alpha value is -1.72. The number of para-hydroxylation sites is 1. The van der Waals surface area contributed by atoms with E-state index in [-0.39, 0.29) is 0 Å². The third kappa shape index (κ3) is 2.67. The number of aromatic nitrogens is 3. The monoisotopic (exact) mass is 272 g/mol. The summed E-state index contributed by atoms with van der Waals surface area (Å²) in [6.45, 7) is 3.90. The Morgan fingerprint density at radius 2 is 2.16 bits per heavy atom. The van der Waals surface area contributed by atoms with Gasteiger partial charge in [-0.3, -0.25) is 0 Å². The van der Waals surface area contributed by atoms with Gasteiger partial charge in [0.25, 0.3) is 0 Å². The topological polar surface area (TPSA) is 42.7 Å². The van der Waals surface area contributed by atoms with Gasteiger partial charge in [0, 0.05) is 17.5 Å². The standard InChI is InChI=1S/C14H16N4S/c1-11(14-7-4-10-19-14)15-8-9-18-13-6-3-2-5-12(13)16-17-18/h2-7,10-11,15H,8-9H2,1H3. The van der Waals surface area contributed by atoms with Gasteiger partial charge < -0.3 is 5.32 Å². The van der Waals surface area contributed by atoms with Crippen molar-refractivity contribution >= 4 is 22.4 Å². The summed E-state index contributed by atoms with van der Waals surface area (Å²) in [4.78, 5) is 1.36. The minimum absolute atomic E-state index is 0.384. The smallest absolute Gasteiger partial charge is 0.113 e. The molecule has 0 amide bonds. The maximum atomic E-state index is 4.18. The largest absolute Gasteiger partial charge is 0.308 e. The maximum absolute atomic E-state index is 4.18. The van der Waals surface area contributed by atoms with E-state index in [2.05, 4.69) is 46.1 Å². The van der Waals surface area contributed by atoms with Crippen molar-refractivity contribution in [2.75, 3.05) is 6.54 Å². The first-order valence-electron chi connectivity index (χ1n) is 6.39. The molecule has 3 aromatic rings. The Labute approximate surface area is 116 Å². The fourth-order valence-electron chi connectivity index (χ4n) is 2.11. The number of fused-ring (bicyclic) bond motifs is 1. The van der Waals surface area contributed by atoms with Gasteiger partial charge in [0.2, 0.25) is 0 Å². The summed E-state index contributed by atoms with van der Waals surface area (Å²) in [5.74, 6) is 0. The molecule has 0 aliphatic heterocycles. The van der Waals surface area contributed by atoms with E-state index in [1.165, 1.54) is 4.88 Å². The summed E-state index contributed by atoms with van der Waals surface area (Å²) < 4.78 is 1.95. The summed E-state index contributed by atoms with van der Waals surface area (Å²) in [6, 6.07) is 12.7. The highest BCUT2D eigenvalue weighted by Crippen LogP contribution is 2.17. The maximum Gasteiger partial charge on any atom is 0.113 e. The van der Waals surface area contributed by atoms with Crippen LogP contribution < -0.4 is 5.32 Å². The predicted octanol–water partition coefficient (Wildman–Crippen LogP) is 2.84. The number of benzene rings is 1. The molecule has 2 aromatic heterocycles. The van der Waals surface area contributed by atoms with E-state index in [1.54, 1.807) is 11.3 Å². The van der Waals surface area contributed by atoms with Crippen molar-refractivity contribution in [2.24, 2.45) is 0 Å². The molecule has 0 aliphatic rings. The van der Waals surface area contributed by atoms with Gasteiger partial charge in [-0.15, -0.1) is 16.4 Å². The lowest BCUT2D eigenvalue weighted by Gasteiger charge is -2.11. The second-order valence-corrected chi connectivity index (χ2v) is 5.47. The molecule has 0 spiro atoms. The van der Waals surface area contributed by atoms with Crippen molar-refractivity contribution in [3.8, 4) is 0 Å². The molecule has 1 aromatic carbocycles. The molecule has 4 nitrogen and oxygen atoms in total. The highest BCUT2D eigenvalue weighted by molar-refractivity contribution is 7.10. The molecule has 0 saturated carbocycles. The third-order valence-electron chi connectivity index (χ3n) is 3.16. The number of nitrogens with zero attached hydrogens (tertiary/aromatic N) is 3. The Morgan fingerprint density at radius 1 is 1.26 bits per heavy atom. The van der Waals surface area contributed by atoms with E-state index in [0.29, 0.717) is 6.04 Å². The van der Waals surface area contributed by atoms with Crippen molar-refractivity contribution in [3.63, 3.8) is 0 Å². The second-order valence-electron chi connectivity index (χ2n) is 4.49. The van der Waals surface area contributed by atoms with Crippen molar-refractivity contribution in [2.45, 2.75) is 19.5 Å². The molecule has 1 N–H and O–H groups in total. The summed E-state index contributed by atoms with van der Waals surface area (Å²) in [5, 5.41) is 14.0. The molecule has 1 unspecified atom stereocenters. The van der Waals surface area contributed by atoms with Gasteiger partial charge in [0.1, 0.15) is 5.52 Å². The average molecular weight is 272 g/mol. The molecule has 0 bridgehead atoms. The fraction of sp³-hybridized carbons (Fsp3) is 0.286. The van der Waals surface area contributed by atoms with Crippen LogP contribution in [0.5, 0.6) is 0 Å². The van der Waals surface area contributed by atoms with Crippen molar-refractivity contribution < 1.29 is 0 Å². The first-order chi connectivity index (χ1) is 9.34. The molecule has 19 heavy (non-hydrogen) atoms. The quantitative estimate of drug-likeness (QED) is 0.776. The molecule has 0 radical (unpaired) electrons. The van der Waals surface area contributed by atoms with E-state index >= 15 is 0 Å². The molecule has 0 aliphatic carbocycles. The molecule has 1 atom stereocenters. The molecule has 3 rings (SSSR count). The zero-order chi connectivity index (χ0) is 13.1. The first kappa shape index (κ1) is 12.3. The lowest BCUT2D eigenvalue weighted by molar-refractivity contribution is 0.510. The SMILES string of the molecule is CC(NCCn1nnc2ccccc21)c1cccs1. The van der Waals surface area contributed by atoms with Crippen LogP contribution in [-0.2, 0) is 6.54 Å². The van der Waals surface area contributed by atoms with Gasteiger partial charge in [0.15, 0.2) is 0 Å². The van der Waals surface area contributed by atoms with Crippen LogP contribution in [0.3, 0.4) is 0 Å². The Kier molecular flexibility index (Phi) is 3.57. The molecule has 2 heterocycles. The van der Waals surface area contributed by atoms with Crippen molar-refractivity contribution in [1.82, 2.24) is 20.3 Å². The zero-order valence-electron chi connectivity index (χ0n) is 10.8. The Morgan fingerprint density at radius 3 is 3.00 bits per heavy atom. The van der Waals surface area contributed by atoms with Gasteiger partial charge in [-0.25, -0.2) is 4.68 Å². The van der Waals surface area contributed by atoms with E-state index in [0.717, 1.165) is 24.1 Å². The highest BCUT2D eigenvalue weighted by atomic mass is 32.1. The Balaban J connectivity index is 1.61. The molecular weight excluding hydrogens is 256 g/mol. The molecule has 0 saturated heterocycles. The Bertz CT molecular complexity index is 644. The van der Waals surface area contributed by atoms with Gasteiger partial charge in [0.05, 0.1) is 12.1 Å². The van der Waals surface area contributed by atoms with Crippen LogP contribution in [0.1, 0.15) is 17.8 Å². The lowest BCUT2D eigenvalue weighted by Crippen LogP contribution is -2.23. The summed E-state index contributed by atoms with van der Waals surface area (Å²) in [6.07, 6.45) is 0. The minimum atomic E-state index is 0.384. The van der Waals surface area contributed by atoms with E-state index in [9.17, 15) is 0 Å². The van der Waals surface area contributed by atoms with Crippen molar-refractivity contribution in [3.05, 3.63) is 46.7 Å².